The minimum absolute atomic E-state index is 0.197. The topological polar surface area (TPSA) is 37.4 Å². The fraction of sp³-hybridized carbons (Fsp3) is 0.688. The summed E-state index contributed by atoms with van der Waals surface area (Å²) in [5.41, 5.74) is 0.684. The van der Waals surface area contributed by atoms with E-state index in [4.69, 9.17) is 4.74 Å². The van der Waals surface area contributed by atoms with Crippen molar-refractivity contribution in [2.75, 3.05) is 31.7 Å². The van der Waals surface area contributed by atoms with Crippen molar-refractivity contribution in [3.8, 4) is 0 Å². The van der Waals surface area contributed by atoms with Crippen molar-refractivity contribution in [3.63, 3.8) is 0 Å². The molecule has 21 heavy (non-hydrogen) atoms. The summed E-state index contributed by atoms with van der Waals surface area (Å²) in [6.07, 6.45) is 3.92. The zero-order valence-electron chi connectivity index (χ0n) is 13.2. The van der Waals surface area contributed by atoms with Crippen molar-refractivity contribution < 1.29 is 9.13 Å². The lowest BCUT2D eigenvalue weighted by Crippen LogP contribution is -2.31. The Balaban J connectivity index is 2.07. The van der Waals surface area contributed by atoms with Crippen molar-refractivity contribution in [1.82, 2.24) is 10.3 Å². The molecule has 0 atom stereocenters. The largest absolute Gasteiger partial charge is 0.383 e. The van der Waals surface area contributed by atoms with Crippen LogP contribution < -0.4 is 10.2 Å². The second-order valence-corrected chi connectivity index (χ2v) is 6.05. The van der Waals surface area contributed by atoms with E-state index in [0.717, 1.165) is 19.4 Å². The fourth-order valence-electron chi connectivity index (χ4n) is 2.34. The minimum Gasteiger partial charge on any atom is -0.383 e. The molecule has 0 aliphatic heterocycles. The number of pyridine rings is 1. The molecule has 0 spiro atoms. The number of aromatic nitrogens is 1. The third-order valence-corrected chi connectivity index (χ3v) is 3.61. The molecule has 1 fully saturated rings. The smallest absolute Gasteiger partial charge is 0.170 e. The Morgan fingerprint density at radius 1 is 1.48 bits per heavy atom. The zero-order valence-corrected chi connectivity index (χ0v) is 13.2. The molecule has 1 aromatic heterocycles. The van der Waals surface area contributed by atoms with Gasteiger partial charge in [-0.25, -0.2) is 9.37 Å². The van der Waals surface area contributed by atoms with Gasteiger partial charge < -0.3 is 15.0 Å². The Morgan fingerprint density at radius 3 is 2.86 bits per heavy atom. The summed E-state index contributed by atoms with van der Waals surface area (Å²) in [4.78, 5) is 6.31. The van der Waals surface area contributed by atoms with Gasteiger partial charge >= 0.3 is 0 Å². The predicted octanol–water partition coefficient (Wildman–Crippen LogP) is 2.58. The summed E-state index contributed by atoms with van der Waals surface area (Å²) in [6, 6.07) is 2.18. The van der Waals surface area contributed by atoms with E-state index in [0.29, 0.717) is 43.0 Å². The first-order valence-electron chi connectivity index (χ1n) is 7.73. The lowest BCUT2D eigenvalue weighted by molar-refractivity contribution is 0.204. The molecule has 1 heterocycles. The average Bonchev–Trinajstić information content (AvgIpc) is 3.27. The lowest BCUT2D eigenvalue weighted by atomic mass is 10.2. The zero-order chi connectivity index (χ0) is 15.2. The van der Waals surface area contributed by atoms with Crippen molar-refractivity contribution >= 4 is 5.82 Å². The number of nitrogens with one attached hydrogen (secondary N) is 1. The van der Waals surface area contributed by atoms with E-state index >= 15 is 0 Å². The van der Waals surface area contributed by atoms with Crippen LogP contribution in [0.3, 0.4) is 0 Å². The van der Waals surface area contributed by atoms with Crippen molar-refractivity contribution in [3.05, 3.63) is 23.6 Å². The summed E-state index contributed by atoms with van der Waals surface area (Å²) in [6.45, 7) is 6.98. The minimum atomic E-state index is -0.197. The summed E-state index contributed by atoms with van der Waals surface area (Å²) in [5.74, 6) is 0.828. The molecular weight excluding hydrogens is 269 g/mol. The molecule has 5 heteroatoms. The lowest BCUT2D eigenvalue weighted by Gasteiger charge is -2.24. The third-order valence-electron chi connectivity index (χ3n) is 3.61. The van der Waals surface area contributed by atoms with Gasteiger partial charge in [-0.1, -0.05) is 13.8 Å². The van der Waals surface area contributed by atoms with Gasteiger partial charge in [0.15, 0.2) is 11.6 Å². The maximum atomic E-state index is 14.7. The van der Waals surface area contributed by atoms with Crippen molar-refractivity contribution in [1.29, 1.82) is 0 Å². The van der Waals surface area contributed by atoms with Crippen molar-refractivity contribution in [2.24, 2.45) is 5.92 Å². The molecule has 0 radical (unpaired) electrons. The molecule has 0 saturated heterocycles. The van der Waals surface area contributed by atoms with E-state index in [-0.39, 0.29) is 5.82 Å². The number of rotatable bonds is 9. The second kappa shape index (κ2) is 7.71. The maximum absolute atomic E-state index is 14.7. The Morgan fingerprint density at radius 2 is 2.24 bits per heavy atom. The van der Waals surface area contributed by atoms with Gasteiger partial charge in [-0.2, -0.15) is 0 Å². The van der Waals surface area contributed by atoms with Crippen LogP contribution in [-0.4, -0.2) is 37.8 Å². The van der Waals surface area contributed by atoms with Crippen LogP contribution in [0.4, 0.5) is 10.2 Å². The summed E-state index contributed by atoms with van der Waals surface area (Å²) >= 11 is 0. The average molecular weight is 295 g/mol. The first-order chi connectivity index (χ1) is 10.1. The Bertz CT molecular complexity index is 449. The third kappa shape index (κ3) is 4.64. The van der Waals surface area contributed by atoms with Crippen molar-refractivity contribution in [2.45, 2.75) is 39.3 Å². The Kier molecular flexibility index (Phi) is 5.94. The molecule has 1 aliphatic rings. The first-order valence-corrected chi connectivity index (χ1v) is 7.73. The SMILES string of the molecule is COCCN(c1nccc(CNCC(C)C)c1F)C1CC1. The highest BCUT2D eigenvalue weighted by Crippen LogP contribution is 2.32. The van der Waals surface area contributed by atoms with E-state index < -0.39 is 0 Å². The van der Waals surface area contributed by atoms with Gasteiger partial charge in [0.2, 0.25) is 0 Å². The van der Waals surface area contributed by atoms with Crippen LogP contribution in [0.25, 0.3) is 0 Å². The molecule has 0 bridgehead atoms. The maximum Gasteiger partial charge on any atom is 0.170 e. The fourth-order valence-corrected chi connectivity index (χ4v) is 2.34. The molecule has 4 nitrogen and oxygen atoms in total. The molecular formula is C16H26FN3O. The van der Waals surface area contributed by atoms with Crippen LogP contribution in [0.1, 0.15) is 32.3 Å². The second-order valence-electron chi connectivity index (χ2n) is 6.05. The van der Waals surface area contributed by atoms with E-state index in [2.05, 4.69) is 24.1 Å². The molecule has 2 rings (SSSR count). The van der Waals surface area contributed by atoms with Crippen LogP contribution >= 0.6 is 0 Å². The van der Waals surface area contributed by atoms with Gasteiger partial charge in [0.05, 0.1) is 6.61 Å². The van der Waals surface area contributed by atoms with Gasteiger partial charge in [-0.05, 0) is 31.4 Å². The number of hydrogen-bond acceptors (Lipinski definition) is 4. The van der Waals surface area contributed by atoms with Gasteiger partial charge in [0.1, 0.15) is 0 Å². The monoisotopic (exact) mass is 295 g/mol. The van der Waals surface area contributed by atoms with E-state index in [9.17, 15) is 4.39 Å². The van der Waals surface area contributed by atoms with Gasteiger partial charge in [0, 0.05) is 38.0 Å². The molecule has 1 aromatic rings. The van der Waals surface area contributed by atoms with E-state index in [1.165, 1.54) is 0 Å². The number of hydrogen-bond donors (Lipinski definition) is 1. The Hall–Kier alpha value is -1.20. The van der Waals surface area contributed by atoms with Gasteiger partial charge in [-0.15, -0.1) is 0 Å². The number of methoxy groups -OCH3 is 1. The van der Waals surface area contributed by atoms with Crippen LogP contribution in [0.15, 0.2) is 12.3 Å². The molecule has 0 unspecified atom stereocenters. The normalized spacial score (nSPS) is 14.7. The molecule has 1 aliphatic carbocycles. The molecule has 0 amide bonds. The summed E-state index contributed by atoms with van der Waals surface area (Å²) in [5, 5.41) is 3.29. The van der Waals surface area contributed by atoms with Gasteiger partial charge in [-0.3, -0.25) is 0 Å². The number of nitrogens with zero attached hydrogens (tertiary/aromatic N) is 2. The number of halogens is 1. The van der Waals surface area contributed by atoms with Gasteiger partial charge in [0.25, 0.3) is 0 Å². The molecule has 118 valence electrons. The molecule has 0 aromatic carbocycles. The predicted molar refractivity (Wildman–Crippen MR) is 83.0 cm³/mol. The first kappa shape index (κ1) is 16.2. The van der Waals surface area contributed by atoms with Crippen LogP contribution in [0.2, 0.25) is 0 Å². The molecule has 1 saturated carbocycles. The number of anilines is 1. The van der Waals surface area contributed by atoms with E-state index in [1.54, 1.807) is 19.4 Å². The van der Waals surface area contributed by atoms with E-state index in [1.807, 2.05) is 4.90 Å². The molecule has 1 N–H and O–H groups in total. The quantitative estimate of drug-likeness (QED) is 0.760. The summed E-state index contributed by atoms with van der Waals surface area (Å²) < 4.78 is 19.8. The van der Waals surface area contributed by atoms with Crippen LogP contribution in [-0.2, 0) is 11.3 Å². The highest BCUT2D eigenvalue weighted by Gasteiger charge is 2.31. The standard InChI is InChI=1S/C16H26FN3O/c1-12(2)10-18-11-13-6-7-19-16(15(13)17)20(8-9-21-3)14-4-5-14/h6-7,12,14,18H,4-5,8-11H2,1-3H3. The van der Waals surface area contributed by atoms with Crippen LogP contribution in [0.5, 0.6) is 0 Å². The summed E-state index contributed by atoms with van der Waals surface area (Å²) in [7, 11) is 1.67. The number of ether oxygens (including phenoxy) is 1. The highest BCUT2D eigenvalue weighted by molar-refractivity contribution is 5.45. The Labute approximate surface area is 126 Å². The highest BCUT2D eigenvalue weighted by atomic mass is 19.1. The van der Waals surface area contributed by atoms with Crippen LogP contribution in [0, 0.1) is 11.7 Å².